The maximum Gasteiger partial charge on any atom is 0.324 e. The highest BCUT2D eigenvalue weighted by molar-refractivity contribution is 7.93. The van der Waals surface area contributed by atoms with Gasteiger partial charge in [0.2, 0.25) is 0 Å². The maximum atomic E-state index is 13.1. The Morgan fingerprint density at radius 3 is 2.55 bits per heavy atom. The van der Waals surface area contributed by atoms with Crippen LogP contribution in [0.3, 0.4) is 0 Å². The summed E-state index contributed by atoms with van der Waals surface area (Å²) in [6, 6.07) is 20.8. The molecule has 1 aliphatic heterocycles. The highest BCUT2D eigenvalue weighted by atomic mass is 32.2. The van der Waals surface area contributed by atoms with Crippen molar-refractivity contribution in [3.8, 4) is 28.8 Å². The fourth-order valence-corrected chi connectivity index (χ4v) is 4.62. The summed E-state index contributed by atoms with van der Waals surface area (Å²) in [7, 11) is 1.62. The lowest BCUT2D eigenvalue weighted by Crippen LogP contribution is -2.25. The van der Waals surface area contributed by atoms with Gasteiger partial charge in [-0.05, 0) is 42.5 Å². The normalized spacial score (nSPS) is 14.9. The van der Waals surface area contributed by atoms with Gasteiger partial charge in [-0.3, -0.25) is 4.98 Å². The number of aromatic nitrogens is 3. The van der Waals surface area contributed by atoms with Crippen LogP contribution in [-0.2, 0) is 17.9 Å². The first-order valence-corrected chi connectivity index (χ1v) is 10.7. The van der Waals surface area contributed by atoms with Crippen LogP contribution in [0.1, 0.15) is 5.56 Å². The monoisotopic (exact) mass is 430 g/mol. The SMILES string of the molecule is COc1ccc(-c2cc(N3Cc4ccccc4[S+]3[O-])nc(Oc3cccnc3)n2)cc1. The highest BCUT2D eigenvalue weighted by Crippen LogP contribution is 2.36. The zero-order valence-corrected chi connectivity index (χ0v) is 17.5. The summed E-state index contributed by atoms with van der Waals surface area (Å²) in [5, 5.41) is 0. The summed E-state index contributed by atoms with van der Waals surface area (Å²) in [5.41, 5.74) is 2.53. The molecule has 3 heterocycles. The van der Waals surface area contributed by atoms with E-state index in [9.17, 15) is 4.55 Å². The molecule has 7 nitrogen and oxygen atoms in total. The minimum atomic E-state index is -1.36. The Balaban J connectivity index is 1.56. The van der Waals surface area contributed by atoms with Gasteiger partial charge in [-0.15, -0.1) is 0 Å². The zero-order valence-electron chi connectivity index (χ0n) is 16.6. The van der Waals surface area contributed by atoms with Crippen molar-refractivity contribution in [2.45, 2.75) is 11.4 Å². The number of nitrogens with zero attached hydrogens (tertiary/aromatic N) is 4. The standard InChI is InChI=1S/C23H18N4O3S/c1-29-18-10-8-16(9-11-18)20-13-22(26-23(25-20)30-19-6-4-12-24-14-19)27-15-17-5-2-3-7-21(17)31(27)28/h2-14H,15H2,1H3. The smallest absolute Gasteiger partial charge is 0.324 e. The molecule has 1 atom stereocenters. The molecule has 0 saturated carbocycles. The zero-order chi connectivity index (χ0) is 21.2. The largest absolute Gasteiger partial charge is 0.588 e. The third kappa shape index (κ3) is 3.90. The van der Waals surface area contributed by atoms with Crippen molar-refractivity contribution in [2.75, 3.05) is 11.4 Å². The summed E-state index contributed by atoms with van der Waals surface area (Å²) in [4.78, 5) is 14.0. The minimum Gasteiger partial charge on any atom is -0.588 e. The van der Waals surface area contributed by atoms with E-state index in [4.69, 9.17) is 9.47 Å². The fraction of sp³-hybridized carbons (Fsp3) is 0.0870. The summed E-state index contributed by atoms with van der Waals surface area (Å²) >= 11 is -1.36. The molecule has 0 bridgehead atoms. The molecule has 0 aliphatic carbocycles. The lowest BCUT2D eigenvalue weighted by atomic mass is 10.1. The first kappa shape index (κ1) is 19.3. The van der Waals surface area contributed by atoms with Crippen LogP contribution in [0.5, 0.6) is 17.5 Å². The van der Waals surface area contributed by atoms with E-state index < -0.39 is 11.4 Å². The average molecular weight is 430 g/mol. The minimum absolute atomic E-state index is 0.157. The summed E-state index contributed by atoms with van der Waals surface area (Å²) in [6.45, 7) is 0.494. The van der Waals surface area contributed by atoms with Gasteiger partial charge in [-0.25, -0.2) is 0 Å². The van der Waals surface area contributed by atoms with Crippen molar-refractivity contribution >= 4 is 17.2 Å². The van der Waals surface area contributed by atoms with Gasteiger partial charge in [-0.2, -0.15) is 14.3 Å². The van der Waals surface area contributed by atoms with Gasteiger partial charge in [-0.1, -0.05) is 18.2 Å². The molecule has 8 heteroatoms. The lowest BCUT2D eigenvalue weighted by molar-refractivity contribution is 0.415. The molecule has 0 radical (unpaired) electrons. The molecule has 1 aliphatic rings. The van der Waals surface area contributed by atoms with Gasteiger partial charge in [0.05, 0.1) is 25.5 Å². The Hall–Kier alpha value is -3.62. The number of methoxy groups -OCH3 is 1. The molecule has 0 fully saturated rings. The third-order valence-corrected chi connectivity index (χ3v) is 6.34. The second-order valence-corrected chi connectivity index (χ2v) is 8.19. The summed E-state index contributed by atoms with van der Waals surface area (Å²) in [6.07, 6.45) is 3.25. The van der Waals surface area contributed by atoms with E-state index in [0.29, 0.717) is 23.8 Å². The summed E-state index contributed by atoms with van der Waals surface area (Å²) in [5.74, 6) is 1.79. The highest BCUT2D eigenvalue weighted by Gasteiger charge is 2.35. The van der Waals surface area contributed by atoms with Crippen LogP contribution in [-0.4, -0.2) is 26.6 Å². The first-order chi connectivity index (χ1) is 15.2. The van der Waals surface area contributed by atoms with Crippen molar-refractivity contribution in [3.05, 3.63) is 84.7 Å². The van der Waals surface area contributed by atoms with E-state index in [1.54, 1.807) is 35.9 Å². The van der Waals surface area contributed by atoms with Gasteiger partial charge in [0.15, 0.2) is 10.7 Å². The molecule has 0 saturated heterocycles. The number of hydrogen-bond acceptors (Lipinski definition) is 7. The van der Waals surface area contributed by atoms with Gasteiger partial charge in [0.1, 0.15) is 22.9 Å². The number of benzene rings is 2. The predicted octanol–water partition coefficient (Wildman–Crippen LogP) is 4.38. The first-order valence-electron chi connectivity index (χ1n) is 9.60. The Kier molecular flexibility index (Phi) is 5.15. The molecule has 5 rings (SSSR count). The third-order valence-electron chi connectivity index (χ3n) is 4.85. The van der Waals surface area contributed by atoms with Crippen molar-refractivity contribution < 1.29 is 14.0 Å². The average Bonchev–Trinajstić information content (AvgIpc) is 3.16. The van der Waals surface area contributed by atoms with Crippen molar-refractivity contribution in [2.24, 2.45) is 0 Å². The molecule has 2 aromatic heterocycles. The van der Waals surface area contributed by atoms with Crippen LogP contribution in [0.2, 0.25) is 0 Å². The van der Waals surface area contributed by atoms with E-state index in [1.165, 1.54) is 0 Å². The van der Waals surface area contributed by atoms with Crippen LogP contribution in [0.25, 0.3) is 11.3 Å². The molecule has 0 N–H and O–H groups in total. The topological polar surface area (TPSA) is 83.4 Å². The molecule has 154 valence electrons. The molecule has 0 spiro atoms. The number of fused-ring (bicyclic) bond motifs is 1. The van der Waals surface area contributed by atoms with Crippen LogP contribution in [0.15, 0.2) is 84.0 Å². The van der Waals surface area contributed by atoms with Crippen LogP contribution in [0, 0.1) is 0 Å². The molecular formula is C23H18N4O3S. The van der Waals surface area contributed by atoms with E-state index >= 15 is 0 Å². The Morgan fingerprint density at radius 2 is 1.81 bits per heavy atom. The van der Waals surface area contributed by atoms with Gasteiger partial charge >= 0.3 is 6.01 Å². The molecule has 2 aromatic carbocycles. The van der Waals surface area contributed by atoms with Crippen molar-refractivity contribution in [1.82, 2.24) is 15.0 Å². The van der Waals surface area contributed by atoms with Gasteiger partial charge < -0.3 is 14.0 Å². The summed E-state index contributed by atoms with van der Waals surface area (Å²) < 4.78 is 26.0. The number of anilines is 1. The molecular weight excluding hydrogens is 412 g/mol. The Morgan fingerprint density at radius 1 is 0.968 bits per heavy atom. The van der Waals surface area contributed by atoms with E-state index in [1.807, 2.05) is 54.6 Å². The predicted molar refractivity (Wildman–Crippen MR) is 117 cm³/mol. The maximum absolute atomic E-state index is 13.1. The molecule has 0 amide bonds. The lowest BCUT2D eigenvalue weighted by Gasteiger charge is -2.18. The molecule has 31 heavy (non-hydrogen) atoms. The quantitative estimate of drug-likeness (QED) is 0.434. The Labute approximate surface area is 182 Å². The van der Waals surface area contributed by atoms with E-state index in [0.717, 1.165) is 21.8 Å². The van der Waals surface area contributed by atoms with Gasteiger partial charge in [0.25, 0.3) is 0 Å². The molecule has 4 aromatic rings. The number of hydrogen-bond donors (Lipinski definition) is 0. The van der Waals surface area contributed by atoms with E-state index in [-0.39, 0.29) is 6.01 Å². The van der Waals surface area contributed by atoms with Crippen LogP contribution >= 0.6 is 0 Å². The van der Waals surface area contributed by atoms with Crippen molar-refractivity contribution in [3.63, 3.8) is 0 Å². The number of rotatable bonds is 5. The Bertz CT molecular complexity index is 1210. The van der Waals surface area contributed by atoms with E-state index in [2.05, 4.69) is 15.0 Å². The number of pyridine rings is 1. The second-order valence-electron chi connectivity index (χ2n) is 6.81. The van der Waals surface area contributed by atoms with Gasteiger partial charge in [0, 0.05) is 23.4 Å². The fourth-order valence-electron chi connectivity index (χ4n) is 3.31. The molecule has 1 unspecified atom stereocenters. The number of ether oxygens (including phenoxy) is 2. The van der Waals surface area contributed by atoms with Crippen molar-refractivity contribution in [1.29, 1.82) is 0 Å². The van der Waals surface area contributed by atoms with Crippen LogP contribution < -0.4 is 13.8 Å². The second kappa shape index (κ2) is 8.25. The van der Waals surface area contributed by atoms with Crippen LogP contribution in [0.4, 0.5) is 5.82 Å².